The topological polar surface area (TPSA) is 65.5 Å². The highest BCUT2D eigenvalue weighted by atomic mass is 35.7. The number of pyridine rings is 1. The molecule has 5 nitrogen and oxygen atoms in total. The summed E-state index contributed by atoms with van der Waals surface area (Å²) < 4.78 is 65.6. The van der Waals surface area contributed by atoms with Crippen LogP contribution in [0, 0.1) is 0 Å². The molecule has 96 valence electrons. The third-order valence-corrected chi connectivity index (χ3v) is 2.84. The van der Waals surface area contributed by atoms with Gasteiger partial charge in [0.2, 0.25) is 5.88 Å². The Morgan fingerprint density at radius 3 is 2.41 bits per heavy atom. The number of alkyl halides is 3. The first-order valence-electron chi connectivity index (χ1n) is 3.88. The van der Waals surface area contributed by atoms with Crippen molar-refractivity contribution in [1.82, 2.24) is 4.98 Å². The van der Waals surface area contributed by atoms with Gasteiger partial charge in [0.05, 0.1) is 13.3 Å². The van der Waals surface area contributed by atoms with Crippen molar-refractivity contribution >= 4 is 19.7 Å². The van der Waals surface area contributed by atoms with E-state index in [1.54, 1.807) is 0 Å². The number of hydrogen-bond acceptors (Lipinski definition) is 5. The smallest absolute Gasteiger partial charge is 0.495 e. The minimum absolute atomic E-state index is 0.394. The monoisotopic (exact) mass is 291 g/mol. The molecule has 0 N–H and O–H groups in total. The van der Waals surface area contributed by atoms with E-state index in [0.717, 1.165) is 7.11 Å². The first-order chi connectivity index (χ1) is 7.63. The van der Waals surface area contributed by atoms with E-state index in [0.29, 0.717) is 12.3 Å². The van der Waals surface area contributed by atoms with E-state index in [2.05, 4.69) is 14.5 Å². The molecule has 0 fully saturated rings. The molecule has 1 aromatic rings. The molecule has 0 aliphatic rings. The Balaban J connectivity index is 3.19. The number of ether oxygens (including phenoxy) is 2. The predicted octanol–water partition coefficient (Wildman–Crippen LogP) is 1.92. The maximum atomic E-state index is 11.9. The normalized spacial score (nSPS) is 12.3. The van der Waals surface area contributed by atoms with Gasteiger partial charge in [0.25, 0.3) is 9.05 Å². The van der Waals surface area contributed by atoms with Gasteiger partial charge in [0.15, 0.2) is 0 Å². The highest BCUT2D eigenvalue weighted by Gasteiger charge is 2.32. The third kappa shape index (κ3) is 3.93. The van der Waals surface area contributed by atoms with Crippen molar-refractivity contribution < 1.29 is 31.1 Å². The molecule has 1 aromatic heterocycles. The summed E-state index contributed by atoms with van der Waals surface area (Å²) in [5.41, 5.74) is 0. The van der Waals surface area contributed by atoms with Gasteiger partial charge in [-0.05, 0) is 0 Å². The van der Waals surface area contributed by atoms with Crippen LogP contribution < -0.4 is 9.47 Å². The second kappa shape index (κ2) is 4.57. The van der Waals surface area contributed by atoms with Crippen LogP contribution in [0.5, 0.6) is 11.6 Å². The standard InChI is InChI=1S/C7H5ClF3NO4S/c1-15-4-2-6(16-7(9,10)11)12-3-5(4)17(8,13)14/h2-3H,1H3. The molecule has 0 saturated heterocycles. The zero-order chi connectivity index (χ0) is 13.3. The summed E-state index contributed by atoms with van der Waals surface area (Å²) in [6.07, 6.45) is -4.32. The number of rotatable bonds is 3. The summed E-state index contributed by atoms with van der Waals surface area (Å²) in [4.78, 5) is 2.61. The van der Waals surface area contributed by atoms with Crippen LogP contribution >= 0.6 is 10.7 Å². The van der Waals surface area contributed by atoms with E-state index in [1.165, 1.54) is 0 Å². The van der Waals surface area contributed by atoms with E-state index in [1.807, 2.05) is 0 Å². The zero-order valence-electron chi connectivity index (χ0n) is 8.16. The summed E-state index contributed by atoms with van der Waals surface area (Å²) in [5.74, 6) is -1.24. The maximum absolute atomic E-state index is 11.9. The molecular formula is C7H5ClF3NO4S. The molecule has 0 aromatic carbocycles. The van der Waals surface area contributed by atoms with E-state index in [-0.39, 0.29) is 0 Å². The van der Waals surface area contributed by atoms with Gasteiger partial charge < -0.3 is 9.47 Å². The third-order valence-electron chi connectivity index (χ3n) is 1.51. The second-order valence-corrected chi connectivity index (χ2v) is 5.19. The first kappa shape index (κ1) is 13.8. The van der Waals surface area contributed by atoms with Crippen LogP contribution in [0.3, 0.4) is 0 Å². The Morgan fingerprint density at radius 1 is 1.41 bits per heavy atom. The second-order valence-electron chi connectivity index (χ2n) is 2.66. The van der Waals surface area contributed by atoms with Gasteiger partial charge in [0, 0.05) is 16.7 Å². The molecule has 10 heteroatoms. The lowest BCUT2D eigenvalue weighted by Crippen LogP contribution is -2.18. The van der Waals surface area contributed by atoms with Crippen LogP contribution in [-0.4, -0.2) is 26.9 Å². The molecule has 0 unspecified atom stereocenters. The summed E-state index contributed by atoms with van der Waals surface area (Å²) >= 11 is 0. The summed E-state index contributed by atoms with van der Waals surface area (Å²) in [6.45, 7) is 0. The molecule has 0 radical (unpaired) electrons. The Bertz CT molecular complexity index is 516. The highest BCUT2D eigenvalue weighted by Crippen LogP contribution is 2.30. The van der Waals surface area contributed by atoms with Crippen molar-refractivity contribution in [2.75, 3.05) is 7.11 Å². The Hall–Kier alpha value is -1.22. The van der Waals surface area contributed by atoms with Crippen molar-refractivity contribution in [1.29, 1.82) is 0 Å². The number of hydrogen-bond donors (Lipinski definition) is 0. The van der Waals surface area contributed by atoms with Gasteiger partial charge >= 0.3 is 6.36 Å². The van der Waals surface area contributed by atoms with Gasteiger partial charge in [-0.25, -0.2) is 13.4 Å². The molecule has 0 aliphatic heterocycles. The Labute approximate surface area is 98.5 Å². The highest BCUT2D eigenvalue weighted by molar-refractivity contribution is 8.13. The van der Waals surface area contributed by atoms with Gasteiger partial charge in [0.1, 0.15) is 10.6 Å². The molecule has 0 atom stereocenters. The van der Waals surface area contributed by atoms with Crippen molar-refractivity contribution in [2.24, 2.45) is 0 Å². The molecular weight excluding hydrogens is 287 g/mol. The van der Waals surface area contributed by atoms with Gasteiger partial charge in [-0.1, -0.05) is 0 Å². The molecule has 17 heavy (non-hydrogen) atoms. The quantitative estimate of drug-likeness (QED) is 0.796. The lowest BCUT2D eigenvalue weighted by Gasteiger charge is -2.10. The number of methoxy groups -OCH3 is 1. The summed E-state index contributed by atoms with van der Waals surface area (Å²) in [5, 5.41) is 0. The molecule has 1 rings (SSSR count). The minimum atomic E-state index is -4.93. The minimum Gasteiger partial charge on any atom is -0.495 e. The van der Waals surface area contributed by atoms with Crippen LogP contribution in [0.2, 0.25) is 0 Å². The van der Waals surface area contributed by atoms with Crippen LogP contribution in [0.25, 0.3) is 0 Å². The van der Waals surface area contributed by atoms with Crippen molar-refractivity contribution in [3.63, 3.8) is 0 Å². The lowest BCUT2D eigenvalue weighted by molar-refractivity contribution is -0.276. The number of aromatic nitrogens is 1. The fraction of sp³-hybridized carbons (Fsp3) is 0.286. The Morgan fingerprint density at radius 2 is 2.00 bits per heavy atom. The first-order valence-corrected chi connectivity index (χ1v) is 6.19. The fourth-order valence-corrected chi connectivity index (χ4v) is 1.83. The molecule has 0 spiro atoms. The molecule has 0 saturated carbocycles. The summed E-state index contributed by atoms with van der Waals surface area (Å²) in [6, 6.07) is 0.669. The predicted molar refractivity (Wildman–Crippen MR) is 50.5 cm³/mol. The number of nitrogens with zero attached hydrogens (tertiary/aromatic N) is 1. The largest absolute Gasteiger partial charge is 0.574 e. The molecule has 0 amide bonds. The SMILES string of the molecule is COc1cc(OC(F)(F)F)ncc1S(=O)(=O)Cl. The van der Waals surface area contributed by atoms with E-state index in [4.69, 9.17) is 10.7 Å². The van der Waals surface area contributed by atoms with Crippen LogP contribution in [0.1, 0.15) is 0 Å². The van der Waals surface area contributed by atoms with Crippen molar-refractivity contribution in [2.45, 2.75) is 11.3 Å². The molecule has 0 bridgehead atoms. The van der Waals surface area contributed by atoms with Crippen molar-refractivity contribution in [3.05, 3.63) is 12.3 Å². The van der Waals surface area contributed by atoms with Gasteiger partial charge in [-0.2, -0.15) is 0 Å². The van der Waals surface area contributed by atoms with E-state index < -0.39 is 31.9 Å². The van der Waals surface area contributed by atoms with E-state index in [9.17, 15) is 21.6 Å². The average Bonchev–Trinajstić information content (AvgIpc) is 2.13. The van der Waals surface area contributed by atoms with Crippen LogP contribution in [-0.2, 0) is 9.05 Å². The van der Waals surface area contributed by atoms with Crippen LogP contribution in [0.15, 0.2) is 17.2 Å². The zero-order valence-corrected chi connectivity index (χ0v) is 9.73. The van der Waals surface area contributed by atoms with Gasteiger partial charge in [-0.3, -0.25) is 0 Å². The van der Waals surface area contributed by atoms with E-state index >= 15 is 0 Å². The van der Waals surface area contributed by atoms with Crippen LogP contribution in [0.4, 0.5) is 13.2 Å². The Kier molecular flexibility index (Phi) is 3.72. The number of halogens is 4. The molecule has 1 heterocycles. The lowest BCUT2D eigenvalue weighted by atomic mass is 10.4. The van der Waals surface area contributed by atoms with Crippen molar-refractivity contribution in [3.8, 4) is 11.6 Å². The summed E-state index contributed by atoms with van der Waals surface area (Å²) in [7, 11) is 1.93. The average molecular weight is 292 g/mol. The molecule has 0 aliphatic carbocycles. The fourth-order valence-electron chi connectivity index (χ4n) is 0.923. The maximum Gasteiger partial charge on any atom is 0.574 e. The van der Waals surface area contributed by atoms with Gasteiger partial charge in [-0.15, -0.1) is 13.2 Å².